The summed E-state index contributed by atoms with van der Waals surface area (Å²) in [6.45, 7) is 4.46. The van der Waals surface area contributed by atoms with Gasteiger partial charge in [0.1, 0.15) is 0 Å². The maximum Gasteiger partial charge on any atom is 0.0317 e. The van der Waals surface area contributed by atoms with Crippen LogP contribution in [0.15, 0.2) is 15.2 Å². The summed E-state index contributed by atoms with van der Waals surface area (Å²) in [5, 5.41) is 4.37. The van der Waals surface area contributed by atoms with Crippen LogP contribution in [0, 0.1) is 0 Å². The van der Waals surface area contributed by atoms with Crippen molar-refractivity contribution < 1.29 is 0 Å². The summed E-state index contributed by atoms with van der Waals surface area (Å²) in [4.78, 5) is 0.597. The number of hydrogen-bond donors (Lipinski definition) is 0. The van der Waals surface area contributed by atoms with Crippen LogP contribution in [0.3, 0.4) is 0 Å². The van der Waals surface area contributed by atoms with Crippen LogP contribution in [0.2, 0.25) is 0 Å². The number of alkyl halides is 1. The monoisotopic (exact) mass is 310 g/mol. The average molecular weight is 312 g/mol. The third-order valence-electron chi connectivity index (χ3n) is 1.85. The Bertz CT molecular complexity index is 242. The third kappa shape index (κ3) is 2.86. The fraction of sp³-hybridized carbons (Fsp3) is 0.556. The van der Waals surface area contributed by atoms with Gasteiger partial charge in [-0.1, -0.05) is 29.8 Å². The number of halogens is 2. The van der Waals surface area contributed by atoms with Crippen molar-refractivity contribution in [2.45, 2.75) is 31.0 Å². The van der Waals surface area contributed by atoms with Gasteiger partial charge in [-0.3, -0.25) is 0 Å². The van der Waals surface area contributed by atoms with Crippen LogP contribution < -0.4 is 0 Å². The van der Waals surface area contributed by atoms with E-state index in [9.17, 15) is 0 Å². The van der Waals surface area contributed by atoms with E-state index in [2.05, 4.69) is 56.5 Å². The molecule has 0 nitrogen and oxygen atoms in total. The maximum atomic E-state index is 3.57. The zero-order valence-electron chi connectivity index (χ0n) is 7.18. The molecular weight excluding hydrogens is 300 g/mol. The molecule has 1 aromatic rings. The fourth-order valence-electron chi connectivity index (χ4n) is 1.26. The van der Waals surface area contributed by atoms with Gasteiger partial charge in [0.2, 0.25) is 0 Å². The highest BCUT2D eigenvalue weighted by atomic mass is 79.9. The van der Waals surface area contributed by atoms with Crippen molar-refractivity contribution in [1.82, 2.24) is 0 Å². The van der Waals surface area contributed by atoms with Crippen LogP contribution in [0.5, 0.6) is 0 Å². The Balaban J connectivity index is 2.65. The Labute approximate surface area is 94.6 Å². The molecule has 0 spiro atoms. The highest BCUT2D eigenvalue weighted by Gasteiger charge is 2.11. The highest BCUT2D eigenvalue weighted by molar-refractivity contribution is 9.10. The smallest absolute Gasteiger partial charge is 0.0317 e. The molecule has 3 heteroatoms. The summed E-state index contributed by atoms with van der Waals surface area (Å²) in [5.74, 6) is 0.639. The van der Waals surface area contributed by atoms with Crippen LogP contribution >= 0.6 is 43.2 Å². The molecule has 0 bridgehead atoms. The summed E-state index contributed by atoms with van der Waals surface area (Å²) in [5.41, 5.74) is 1.44. The van der Waals surface area contributed by atoms with Gasteiger partial charge in [-0.15, -0.1) is 0 Å². The van der Waals surface area contributed by atoms with Crippen molar-refractivity contribution in [3.8, 4) is 0 Å². The zero-order valence-corrected chi connectivity index (χ0v) is 11.2. The Morgan fingerprint density at radius 3 is 2.50 bits per heavy atom. The molecule has 0 N–H and O–H groups in total. The SMILES string of the molecule is CC(Br)CC(C)c1cscc1Br. The predicted molar refractivity (Wildman–Crippen MR) is 63.4 cm³/mol. The molecule has 0 amide bonds. The van der Waals surface area contributed by atoms with Crippen LogP contribution in [0.4, 0.5) is 0 Å². The van der Waals surface area contributed by atoms with Crippen LogP contribution in [0.25, 0.3) is 0 Å². The molecule has 0 aliphatic rings. The van der Waals surface area contributed by atoms with E-state index in [1.165, 1.54) is 16.5 Å². The van der Waals surface area contributed by atoms with Gasteiger partial charge in [-0.05, 0) is 39.2 Å². The van der Waals surface area contributed by atoms with E-state index in [0.29, 0.717) is 10.7 Å². The van der Waals surface area contributed by atoms with E-state index in [1.54, 1.807) is 11.3 Å². The minimum atomic E-state index is 0.597. The van der Waals surface area contributed by atoms with Gasteiger partial charge < -0.3 is 0 Å². The topological polar surface area (TPSA) is 0 Å². The van der Waals surface area contributed by atoms with E-state index in [0.717, 1.165) is 0 Å². The van der Waals surface area contributed by atoms with Gasteiger partial charge in [-0.25, -0.2) is 0 Å². The standard InChI is InChI=1S/C9H12Br2S/c1-6(3-7(2)10)8-4-12-5-9(8)11/h4-7H,3H2,1-2H3. The quantitative estimate of drug-likeness (QED) is 0.704. The Morgan fingerprint density at radius 2 is 2.08 bits per heavy atom. The first kappa shape index (κ1) is 10.7. The van der Waals surface area contributed by atoms with Crippen molar-refractivity contribution in [1.29, 1.82) is 0 Å². The lowest BCUT2D eigenvalue weighted by atomic mass is 10.00. The normalized spacial score (nSPS) is 16.0. The molecule has 0 aliphatic heterocycles. The van der Waals surface area contributed by atoms with Gasteiger partial charge >= 0.3 is 0 Å². The van der Waals surface area contributed by atoms with Gasteiger partial charge in [0.05, 0.1) is 0 Å². The molecule has 2 unspecified atom stereocenters. The number of hydrogen-bond acceptors (Lipinski definition) is 1. The molecule has 1 rings (SSSR count). The Morgan fingerprint density at radius 1 is 1.42 bits per heavy atom. The molecule has 0 aliphatic carbocycles. The van der Waals surface area contributed by atoms with E-state index in [-0.39, 0.29) is 0 Å². The Kier molecular flexibility index (Phi) is 4.27. The summed E-state index contributed by atoms with van der Waals surface area (Å²) in [6, 6.07) is 0. The van der Waals surface area contributed by atoms with Gasteiger partial charge in [0.15, 0.2) is 0 Å². The first-order chi connectivity index (χ1) is 5.61. The molecular formula is C9H12Br2S. The van der Waals surface area contributed by atoms with Crippen LogP contribution in [-0.4, -0.2) is 4.83 Å². The molecule has 12 heavy (non-hydrogen) atoms. The third-order valence-corrected chi connectivity index (χ3v) is 3.98. The van der Waals surface area contributed by atoms with Gasteiger partial charge in [0.25, 0.3) is 0 Å². The highest BCUT2D eigenvalue weighted by Crippen LogP contribution is 2.32. The molecule has 1 heterocycles. The number of thiophene rings is 1. The summed E-state index contributed by atoms with van der Waals surface area (Å²) < 4.78 is 1.26. The van der Waals surface area contributed by atoms with Crippen molar-refractivity contribution in [3.05, 3.63) is 20.8 Å². The van der Waals surface area contributed by atoms with E-state index in [4.69, 9.17) is 0 Å². The second-order valence-corrected chi connectivity index (χ2v) is 6.25. The zero-order chi connectivity index (χ0) is 9.14. The van der Waals surface area contributed by atoms with Crippen molar-refractivity contribution in [2.24, 2.45) is 0 Å². The van der Waals surface area contributed by atoms with Crippen molar-refractivity contribution in [3.63, 3.8) is 0 Å². The minimum absolute atomic E-state index is 0.597. The number of rotatable bonds is 3. The largest absolute Gasteiger partial charge is 0.151 e. The lowest BCUT2D eigenvalue weighted by Gasteiger charge is -2.11. The first-order valence-electron chi connectivity index (χ1n) is 3.97. The van der Waals surface area contributed by atoms with Crippen LogP contribution in [0.1, 0.15) is 31.7 Å². The van der Waals surface area contributed by atoms with E-state index >= 15 is 0 Å². The Hall–Kier alpha value is 0.660. The minimum Gasteiger partial charge on any atom is -0.151 e. The average Bonchev–Trinajstić information content (AvgIpc) is 2.33. The molecule has 1 aromatic heterocycles. The maximum absolute atomic E-state index is 3.57. The molecule has 0 fully saturated rings. The van der Waals surface area contributed by atoms with Gasteiger partial charge in [-0.2, -0.15) is 11.3 Å². The first-order valence-corrected chi connectivity index (χ1v) is 6.62. The molecule has 68 valence electrons. The second-order valence-electron chi connectivity index (χ2n) is 3.09. The van der Waals surface area contributed by atoms with E-state index in [1.807, 2.05) is 0 Å². The van der Waals surface area contributed by atoms with Crippen molar-refractivity contribution in [2.75, 3.05) is 0 Å². The molecule has 2 atom stereocenters. The molecule has 0 saturated carbocycles. The lowest BCUT2D eigenvalue weighted by molar-refractivity contribution is 0.682. The molecule has 0 saturated heterocycles. The second kappa shape index (κ2) is 4.77. The summed E-state index contributed by atoms with van der Waals surface area (Å²) >= 11 is 8.88. The molecule has 0 radical (unpaired) electrons. The fourth-order valence-corrected chi connectivity index (χ4v) is 3.63. The lowest BCUT2D eigenvalue weighted by Crippen LogP contribution is -1.99. The van der Waals surface area contributed by atoms with Crippen LogP contribution in [-0.2, 0) is 0 Å². The van der Waals surface area contributed by atoms with E-state index < -0.39 is 0 Å². The summed E-state index contributed by atoms with van der Waals surface area (Å²) in [6.07, 6.45) is 1.19. The van der Waals surface area contributed by atoms with Gasteiger partial charge in [0, 0.05) is 14.7 Å². The summed E-state index contributed by atoms with van der Waals surface area (Å²) in [7, 11) is 0. The molecule has 0 aromatic carbocycles. The van der Waals surface area contributed by atoms with Crippen molar-refractivity contribution >= 4 is 43.2 Å². The predicted octanol–water partition coefficient (Wildman–Crippen LogP) is 4.79.